The Balaban J connectivity index is 0.778. The van der Waals surface area contributed by atoms with Crippen LogP contribution in [0.15, 0.2) is 82.1 Å². The number of hydrogen-bond donors (Lipinski definition) is 3. The van der Waals surface area contributed by atoms with Gasteiger partial charge in [0.15, 0.2) is 17.2 Å². The minimum absolute atomic E-state index is 0.169. The van der Waals surface area contributed by atoms with Crippen LogP contribution in [0.25, 0.3) is 38.7 Å². The van der Waals surface area contributed by atoms with E-state index < -0.39 is 30.7 Å². The standard InChI is InChI=1S/C57H65FN13O6P/c1-7-35-29-42(62-56-59-33-48(71-44-13-11-10-12-41(44)65-66-71)54(64-56)61-43-31-40(58)52-39(53(43)78(5,6)75)15-14-37(8-2)60-52)49(76-9-3)32-46(35)69-22-19-38(20-23-69)68-26-24-67(25-27-68)21-18-36-30-50-47(28-34(36)4)70(57(74)77-50)45-16-17-51(72)63-55(45)73/h10-15,28-33,38,45H,7-9,16-27H2,1-6H3,(H,63,72,73)(H2,59,61,62,64). The van der Waals surface area contributed by atoms with E-state index in [9.17, 15) is 18.9 Å². The summed E-state index contributed by atoms with van der Waals surface area (Å²) < 4.78 is 45.3. The largest absolute Gasteiger partial charge is 0.492 e. The second kappa shape index (κ2) is 21.7. The van der Waals surface area contributed by atoms with Gasteiger partial charge in [-0.25, -0.2) is 23.8 Å². The Labute approximate surface area is 450 Å². The summed E-state index contributed by atoms with van der Waals surface area (Å²) in [5, 5.41) is 19.0. The molecule has 4 aromatic carbocycles. The van der Waals surface area contributed by atoms with Gasteiger partial charge in [0.05, 0.1) is 35.2 Å². The predicted octanol–water partition coefficient (Wildman–Crippen LogP) is 8.18. The molecule has 0 aliphatic carbocycles. The third-order valence-corrected chi connectivity index (χ3v) is 17.1. The van der Waals surface area contributed by atoms with E-state index in [0.717, 1.165) is 99.6 Å². The number of amides is 2. The van der Waals surface area contributed by atoms with Crippen LogP contribution in [-0.4, -0.2) is 128 Å². The zero-order valence-electron chi connectivity index (χ0n) is 44.9. The number of nitrogens with zero attached hydrogens (tertiary/aromatic N) is 10. The lowest BCUT2D eigenvalue weighted by Gasteiger charge is -2.43. The quantitative estimate of drug-likeness (QED) is 0.0615. The van der Waals surface area contributed by atoms with Crippen molar-refractivity contribution in [2.45, 2.75) is 84.7 Å². The number of halogens is 1. The monoisotopic (exact) mass is 1080 g/mol. The molecule has 3 aliphatic rings. The second-order valence-corrected chi connectivity index (χ2v) is 24.0. The van der Waals surface area contributed by atoms with Crippen molar-refractivity contribution < 1.29 is 27.7 Å². The molecule has 0 radical (unpaired) electrons. The minimum atomic E-state index is -3.05. The Morgan fingerprint density at radius 3 is 2.38 bits per heavy atom. The number of fused-ring (bicyclic) bond motifs is 3. The maximum absolute atomic E-state index is 16.1. The van der Waals surface area contributed by atoms with Gasteiger partial charge in [-0.1, -0.05) is 37.3 Å². The second-order valence-electron chi connectivity index (χ2n) is 20.9. The maximum atomic E-state index is 16.1. The Bertz CT molecular complexity index is 3720. The fraction of sp³-hybridized carbons (Fsp3) is 0.404. The Morgan fingerprint density at radius 2 is 1.64 bits per heavy atom. The van der Waals surface area contributed by atoms with Gasteiger partial charge in [-0.05, 0) is 119 Å². The van der Waals surface area contributed by atoms with Gasteiger partial charge in [-0.2, -0.15) is 4.98 Å². The molecule has 3 fully saturated rings. The van der Waals surface area contributed by atoms with Crippen LogP contribution < -0.4 is 36.6 Å². The molecule has 11 rings (SSSR count). The summed E-state index contributed by atoms with van der Waals surface area (Å²) in [5.41, 5.74) is 9.19. The van der Waals surface area contributed by atoms with Crippen molar-refractivity contribution in [3.8, 4) is 11.4 Å². The molecule has 3 N–H and O–H groups in total. The zero-order chi connectivity index (χ0) is 54.4. The van der Waals surface area contributed by atoms with Gasteiger partial charge in [0.25, 0.3) is 0 Å². The van der Waals surface area contributed by atoms with E-state index >= 15 is 4.39 Å². The van der Waals surface area contributed by atoms with Crippen molar-refractivity contribution in [1.29, 1.82) is 0 Å². The van der Waals surface area contributed by atoms with Crippen molar-refractivity contribution in [1.82, 2.24) is 49.6 Å². The highest BCUT2D eigenvalue weighted by atomic mass is 31.2. The highest BCUT2D eigenvalue weighted by molar-refractivity contribution is 7.71. The van der Waals surface area contributed by atoms with Gasteiger partial charge < -0.3 is 34.2 Å². The lowest BCUT2D eigenvalue weighted by molar-refractivity contribution is -0.135. The molecule has 1 atom stereocenters. The molecule has 3 aliphatic heterocycles. The Morgan fingerprint density at radius 1 is 0.846 bits per heavy atom. The molecular formula is C57H65FN13O6P. The number of aryl methyl sites for hydroxylation is 3. The van der Waals surface area contributed by atoms with Crippen LogP contribution in [0.2, 0.25) is 0 Å². The number of piperazine rings is 1. The topological polar surface area (TPSA) is 211 Å². The number of hydrogen-bond acceptors (Lipinski definition) is 16. The van der Waals surface area contributed by atoms with Crippen molar-refractivity contribution in [2.24, 2.45) is 0 Å². The van der Waals surface area contributed by atoms with Gasteiger partial charge in [0, 0.05) is 92.5 Å². The summed E-state index contributed by atoms with van der Waals surface area (Å²) in [7, 11) is -3.05. The molecule has 78 heavy (non-hydrogen) atoms. The molecule has 3 saturated heterocycles. The molecule has 1 unspecified atom stereocenters. The Kier molecular flexibility index (Phi) is 14.6. The van der Waals surface area contributed by atoms with E-state index in [-0.39, 0.29) is 36.0 Å². The molecule has 7 heterocycles. The SMILES string of the molecule is CCOc1cc(N2CCC(N3CCN(CCc4cc5oc(=O)n(C6CCC(=O)NC6=O)c5cc4C)CC3)CC2)c(CC)cc1Nc1ncc(-n2nnc3ccccc32)c(Nc2cc(F)c3nc(CC)ccc3c2P(C)(C)=O)n1. The lowest BCUT2D eigenvalue weighted by atomic mass is 9.99. The van der Waals surface area contributed by atoms with E-state index in [2.05, 4.69) is 65.0 Å². The number of imide groups is 1. The van der Waals surface area contributed by atoms with Gasteiger partial charge in [0.2, 0.25) is 17.8 Å². The first-order chi connectivity index (χ1) is 37.7. The van der Waals surface area contributed by atoms with E-state index in [1.165, 1.54) is 10.6 Å². The van der Waals surface area contributed by atoms with Gasteiger partial charge in [-0.15, -0.1) is 5.10 Å². The van der Waals surface area contributed by atoms with Gasteiger partial charge >= 0.3 is 5.76 Å². The molecule has 0 saturated carbocycles. The van der Waals surface area contributed by atoms with Crippen LogP contribution in [0.1, 0.15) is 74.9 Å². The zero-order valence-corrected chi connectivity index (χ0v) is 45.8. The normalized spacial score (nSPS) is 17.1. The number of oxazole rings is 1. The number of pyridine rings is 1. The van der Waals surface area contributed by atoms with E-state index in [4.69, 9.17) is 19.1 Å². The summed E-state index contributed by atoms with van der Waals surface area (Å²) in [4.78, 5) is 59.3. The third kappa shape index (κ3) is 10.4. The number of carbonyl (C=O) groups is 2. The highest BCUT2D eigenvalue weighted by Crippen LogP contribution is 2.43. The predicted molar refractivity (Wildman–Crippen MR) is 302 cm³/mol. The summed E-state index contributed by atoms with van der Waals surface area (Å²) in [6.07, 6.45) is 6.37. The smallest absolute Gasteiger partial charge is 0.420 e. The maximum Gasteiger partial charge on any atom is 0.420 e. The molecule has 19 nitrogen and oxygen atoms in total. The molecule has 0 spiro atoms. The number of benzene rings is 4. The summed E-state index contributed by atoms with van der Waals surface area (Å²) in [6.45, 7) is 18.5. The number of anilines is 5. The average Bonchev–Trinajstić information content (AvgIpc) is 4.15. The minimum Gasteiger partial charge on any atom is -0.492 e. The van der Waals surface area contributed by atoms with Crippen LogP contribution >= 0.6 is 7.14 Å². The van der Waals surface area contributed by atoms with Crippen LogP contribution in [-0.2, 0) is 33.4 Å². The summed E-state index contributed by atoms with van der Waals surface area (Å²) in [6, 6.07) is 20.3. The fourth-order valence-electron chi connectivity index (χ4n) is 11.5. The fourth-order valence-corrected chi connectivity index (χ4v) is 13.0. The number of piperidine rings is 2. The molecule has 21 heteroatoms. The van der Waals surface area contributed by atoms with Gasteiger partial charge in [-0.3, -0.25) is 24.4 Å². The van der Waals surface area contributed by atoms with Gasteiger partial charge in [0.1, 0.15) is 35.7 Å². The number of para-hydroxylation sites is 1. The molecular weight excluding hydrogens is 1010 g/mol. The van der Waals surface area contributed by atoms with Crippen LogP contribution in [0, 0.1) is 12.7 Å². The van der Waals surface area contributed by atoms with Crippen LogP contribution in [0.3, 0.4) is 0 Å². The van der Waals surface area contributed by atoms with Crippen molar-refractivity contribution in [3.63, 3.8) is 0 Å². The number of carbonyl (C=O) groups excluding carboxylic acids is 2. The van der Waals surface area contributed by atoms with Crippen LogP contribution in [0.4, 0.5) is 33.2 Å². The lowest BCUT2D eigenvalue weighted by Crippen LogP contribution is -2.53. The molecule has 2 amide bonds. The van der Waals surface area contributed by atoms with Crippen LogP contribution in [0.5, 0.6) is 5.75 Å². The summed E-state index contributed by atoms with van der Waals surface area (Å²) in [5.74, 6) is -0.745. The molecule has 8 aromatic rings. The number of rotatable bonds is 16. The number of ether oxygens (including phenoxy) is 1. The molecule has 406 valence electrons. The van der Waals surface area contributed by atoms with E-state index in [1.807, 2.05) is 63.2 Å². The first-order valence-corrected chi connectivity index (χ1v) is 29.7. The first-order valence-electron chi connectivity index (χ1n) is 27.1. The van der Waals surface area contributed by atoms with E-state index in [0.29, 0.717) is 74.7 Å². The van der Waals surface area contributed by atoms with Crippen molar-refractivity contribution >= 4 is 86.1 Å². The van der Waals surface area contributed by atoms with Crippen molar-refractivity contribution in [2.75, 3.05) is 81.3 Å². The first kappa shape index (κ1) is 52.5. The third-order valence-electron chi connectivity index (χ3n) is 15.6. The van der Waals surface area contributed by atoms with Crippen molar-refractivity contribution in [3.05, 3.63) is 112 Å². The summed E-state index contributed by atoms with van der Waals surface area (Å²) >= 11 is 0. The number of aromatic nitrogens is 7. The highest BCUT2D eigenvalue weighted by Gasteiger charge is 2.33. The average molecular weight is 1080 g/mol. The molecule has 0 bridgehead atoms. The Hall–Kier alpha value is -7.54. The number of nitrogens with one attached hydrogen (secondary N) is 3. The molecule has 4 aromatic heterocycles. The van der Waals surface area contributed by atoms with E-state index in [1.54, 1.807) is 30.3 Å².